The highest BCUT2D eigenvalue weighted by Crippen LogP contribution is 2.36. The third-order valence-electron chi connectivity index (χ3n) is 2.73. The van der Waals surface area contributed by atoms with E-state index in [0.29, 0.717) is 0 Å². The second-order valence-electron chi connectivity index (χ2n) is 3.64. The fourth-order valence-corrected chi connectivity index (χ4v) is 2.32. The summed E-state index contributed by atoms with van der Waals surface area (Å²) in [5, 5.41) is 9.61. The maximum Gasteiger partial charge on any atom is 0.0959 e. The van der Waals surface area contributed by atoms with Crippen LogP contribution in [0.25, 0.3) is 0 Å². The van der Waals surface area contributed by atoms with Gasteiger partial charge in [0.05, 0.1) is 11.5 Å². The summed E-state index contributed by atoms with van der Waals surface area (Å²) in [4.78, 5) is 0. The molecule has 1 aromatic carbocycles. The van der Waals surface area contributed by atoms with E-state index < -0.39 is 6.10 Å². The summed E-state index contributed by atoms with van der Waals surface area (Å²) in [5.74, 6) is 0. The Morgan fingerprint density at radius 2 is 2.36 bits per heavy atom. The lowest BCUT2D eigenvalue weighted by atomic mass is 10.0. The maximum atomic E-state index is 9.78. The number of hydrogen-bond acceptors (Lipinski definition) is 1. The molecule has 1 aromatic rings. The molecule has 2 atom stereocenters. The predicted molar refractivity (Wildman–Crippen MR) is 58.6 cm³/mol. The molecule has 0 bridgehead atoms. The Morgan fingerprint density at radius 3 is 3.07 bits per heavy atom. The first kappa shape index (κ1) is 9.75. The Kier molecular flexibility index (Phi) is 2.62. The molecule has 0 saturated carbocycles. The molecule has 2 rings (SSSR count). The summed E-state index contributed by atoms with van der Waals surface area (Å²) < 4.78 is 0. The molecule has 2 unspecified atom stereocenters. The van der Waals surface area contributed by atoms with Crippen molar-refractivity contribution in [1.29, 1.82) is 0 Å². The Hall–Kier alpha value is -0.790. The summed E-state index contributed by atoms with van der Waals surface area (Å²) in [5.41, 5.74) is 3.43. The molecule has 0 aliphatic heterocycles. The van der Waals surface area contributed by atoms with Crippen molar-refractivity contribution in [3.05, 3.63) is 47.5 Å². The minimum Gasteiger partial charge on any atom is -0.387 e. The minimum absolute atomic E-state index is 0.170. The predicted octanol–water partition coefficient (Wildman–Crippen LogP) is 2.61. The Labute approximate surface area is 89.0 Å². The molecule has 0 spiro atoms. The van der Waals surface area contributed by atoms with Gasteiger partial charge in [0.15, 0.2) is 0 Å². The molecule has 1 N–H and O–H groups in total. The first-order valence-corrected chi connectivity index (χ1v) is 5.21. The highest BCUT2D eigenvalue weighted by molar-refractivity contribution is 6.21. The van der Waals surface area contributed by atoms with Crippen LogP contribution in [-0.4, -0.2) is 10.5 Å². The topological polar surface area (TPSA) is 20.2 Å². The third kappa shape index (κ3) is 1.47. The molecule has 0 radical (unpaired) electrons. The van der Waals surface area contributed by atoms with Crippen LogP contribution in [0.5, 0.6) is 0 Å². The van der Waals surface area contributed by atoms with Gasteiger partial charge >= 0.3 is 0 Å². The number of benzene rings is 1. The fraction of sp³-hybridized carbons (Fsp3) is 0.333. The van der Waals surface area contributed by atoms with Gasteiger partial charge in [0.1, 0.15) is 0 Å². The normalized spacial score (nSPS) is 24.7. The van der Waals surface area contributed by atoms with E-state index in [-0.39, 0.29) is 5.38 Å². The lowest BCUT2D eigenvalue weighted by Gasteiger charge is -2.07. The van der Waals surface area contributed by atoms with Crippen molar-refractivity contribution in [2.45, 2.75) is 24.3 Å². The molecule has 0 amide bonds. The molecule has 0 aromatic heterocycles. The highest BCUT2D eigenvalue weighted by Gasteiger charge is 2.30. The van der Waals surface area contributed by atoms with Crippen LogP contribution in [0.4, 0.5) is 0 Å². The zero-order valence-electron chi connectivity index (χ0n) is 7.91. The quantitative estimate of drug-likeness (QED) is 0.585. The molecule has 0 fully saturated rings. The molecule has 1 aliphatic rings. The standard InChI is InChI=1S/C12H13ClO/c1-2-4-8-5-3-6-9-10(8)7-11(13)12(9)14/h2-3,5-6,11-12,14H,1,4,7H2. The monoisotopic (exact) mass is 208 g/mol. The van der Waals surface area contributed by atoms with Crippen LogP contribution in [0.2, 0.25) is 0 Å². The fourth-order valence-electron chi connectivity index (χ4n) is 2.03. The molecule has 74 valence electrons. The van der Waals surface area contributed by atoms with Gasteiger partial charge in [0.25, 0.3) is 0 Å². The number of rotatable bonds is 2. The van der Waals surface area contributed by atoms with Crippen molar-refractivity contribution >= 4 is 11.6 Å². The van der Waals surface area contributed by atoms with Gasteiger partial charge in [-0.3, -0.25) is 0 Å². The van der Waals surface area contributed by atoms with Crippen LogP contribution in [-0.2, 0) is 12.8 Å². The third-order valence-corrected chi connectivity index (χ3v) is 3.13. The average molecular weight is 209 g/mol. The van der Waals surface area contributed by atoms with Crippen LogP contribution in [0.15, 0.2) is 30.9 Å². The lowest BCUT2D eigenvalue weighted by Crippen LogP contribution is -2.04. The van der Waals surface area contributed by atoms with E-state index in [9.17, 15) is 5.11 Å². The van der Waals surface area contributed by atoms with Crippen molar-refractivity contribution in [3.63, 3.8) is 0 Å². The van der Waals surface area contributed by atoms with Crippen molar-refractivity contribution in [3.8, 4) is 0 Å². The molecule has 14 heavy (non-hydrogen) atoms. The number of aliphatic hydroxyl groups is 1. The Balaban J connectivity index is 2.44. The first-order chi connectivity index (χ1) is 6.74. The summed E-state index contributed by atoms with van der Waals surface area (Å²) in [6.45, 7) is 3.72. The van der Waals surface area contributed by atoms with Gasteiger partial charge in [-0.1, -0.05) is 24.3 Å². The van der Waals surface area contributed by atoms with Gasteiger partial charge in [0.2, 0.25) is 0 Å². The highest BCUT2D eigenvalue weighted by atomic mass is 35.5. The van der Waals surface area contributed by atoms with E-state index >= 15 is 0 Å². The molecule has 2 heteroatoms. The van der Waals surface area contributed by atoms with Crippen LogP contribution in [0, 0.1) is 0 Å². The van der Waals surface area contributed by atoms with Crippen molar-refractivity contribution in [1.82, 2.24) is 0 Å². The minimum atomic E-state index is -0.503. The Bertz CT molecular complexity index is 359. The molecule has 1 nitrogen and oxygen atoms in total. The number of fused-ring (bicyclic) bond motifs is 1. The van der Waals surface area contributed by atoms with Gasteiger partial charge in [-0.25, -0.2) is 0 Å². The van der Waals surface area contributed by atoms with E-state index in [2.05, 4.69) is 12.6 Å². The molecule has 1 aliphatic carbocycles. The van der Waals surface area contributed by atoms with Gasteiger partial charge in [-0.05, 0) is 29.5 Å². The van der Waals surface area contributed by atoms with Crippen LogP contribution in [0.3, 0.4) is 0 Å². The van der Waals surface area contributed by atoms with E-state index in [0.717, 1.165) is 18.4 Å². The van der Waals surface area contributed by atoms with Crippen LogP contribution in [0.1, 0.15) is 22.8 Å². The van der Waals surface area contributed by atoms with Crippen molar-refractivity contribution < 1.29 is 5.11 Å². The molecule has 0 saturated heterocycles. The van der Waals surface area contributed by atoms with E-state index in [4.69, 9.17) is 11.6 Å². The van der Waals surface area contributed by atoms with Crippen molar-refractivity contribution in [2.24, 2.45) is 0 Å². The van der Waals surface area contributed by atoms with Gasteiger partial charge in [-0.15, -0.1) is 18.2 Å². The summed E-state index contributed by atoms with van der Waals surface area (Å²) in [6.07, 6.45) is 2.99. The number of halogens is 1. The lowest BCUT2D eigenvalue weighted by molar-refractivity contribution is 0.183. The largest absolute Gasteiger partial charge is 0.387 e. The Morgan fingerprint density at radius 1 is 1.57 bits per heavy atom. The van der Waals surface area contributed by atoms with Crippen LogP contribution < -0.4 is 0 Å². The van der Waals surface area contributed by atoms with E-state index in [1.54, 1.807) is 0 Å². The second kappa shape index (κ2) is 3.76. The first-order valence-electron chi connectivity index (χ1n) is 4.77. The zero-order valence-corrected chi connectivity index (χ0v) is 8.67. The zero-order chi connectivity index (χ0) is 10.1. The smallest absolute Gasteiger partial charge is 0.0959 e. The number of aliphatic hydroxyl groups excluding tert-OH is 1. The van der Waals surface area contributed by atoms with Gasteiger partial charge in [0, 0.05) is 0 Å². The maximum absolute atomic E-state index is 9.78. The van der Waals surface area contributed by atoms with Gasteiger partial charge < -0.3 is 5.11 Å². The summed E-state index contributed by atoms with van der Waals surface area (Å²) in [6, 6.07) is 5.99. The van der Waals surface area contributed by atoms with E-state index in [1.165, 1.54) is 11.1 Å². The molecular weight excluding hydrogens is 196 g/mol. The summed E-state index contributed by atoms with van der Waals surface area (Å²) >= 11 is 6.02. The van der Waals surface area contributed by atoms with Crippen molar-refractivity contribution in [2.75, 3.05) is 0 Å². The average Bonchev–Trinajstić information content (AvgIpc) is 2.46. The number of allylic oxidation sites excluding steroid dienone is 1. The molecular formula is C12H13ClO. The number of alkyl halides is 1. The molecule has 0 heterocycles. The van der Waals surface area contributed by atoms with E-state index in [1.807, 2.05) is 18.2 Å². The summed E-state index contributed by atoms with van der Waals surface area (Å²) in [7, 11) is 0. The SMILES string of the molecule is C=CCc1cccc2c1CC(Cl)C2O. The number of hydrogen-bond donors (Lipinski definition) is 1. The van der Waals surface area contributed by atoms with Crippen LogP contribution >= 0.6 is 11.6 Å². The second-order valence-corrected chi connectivity index (χ2v) is 4.20. The van der Waals surface area contributed by atoms with Gasteiger partial charge in [-0.2, -0.15) is 0 Å².